The molecule has 0 atom stereocenters. The Morgan fingerprint density at radius 2 is 1.89 bits per heavy atom. The Balaban J connectivity index is 1.47. The van der Waals surface area contributed by atoms with Gasteiger partial charge in [-0.25, -0.2) is 4.98 Å². The highest BCUT2D eigenvalue weighted by molar-refractivity contribution is 5.91. The van der Waals surface area contributed by atoms with Gasteiger partial charge in [0.1, 0.15) is 5.76 Å². The topological polar surface area (TPSA) is 90.0 Å². The van der Waals surface area contributed by atoms with E-state index in [1.165, 1.54) is 10.9 Å². The number of fused-ring (bicyclic) bond motifs is 1. The molecule has 0 unspecified atom stereocenters. The fourth-order valence-electron chi connectivity index (χ4n) is 2.74. The van der Waals surface area contributed by atoms with E-state index in [-0.39, 0.29) is 23.8 Å². The van der Waals surface area contributed by atoms with Crippen molar-refractivity contribution in [3.63, 3.8) is 0 Å². The van der Waals surface area contributed by atoms with E-state index in [9.17, 15) is 9.59 Å². The number of hydrogen-bond acceptors (Lipinski definition) is 5. The third-order valence-corrected chi connectivity index (χ3v) is 4.15. The highest BCUT2D eigenvalue weighted by Gasteiger charge is 2.12. The van der Waals surface area contributed by atoms with Gasteiger partial charge in [0.05, 0.1) is 23.8 Å². The third-order valence-electron chi connectivity index (χ3n) is 4.15. The number of amides is 1. The SMILES string of the molecule is O=C(NCc1ccncc1)c1ccc(Cn2cnc3ccccc3c2=O)o1. The van der Waals surface area contributed by atoms with E-state index in [4.69, 9.17) is 4.42 Å². The van der Waals surface area contributed by atoms with Gasteiger partial charge in [-0.15, -0.1) is 0 Å². The van der Waals surface area contributed by atoms with Crippen LogP contribution >= 0.6 is 0 Å². The first kappa shape index (κ1) is 16.7. The van der Waals surface area contributed by atoms with Crippen molar-refractivity contribution in [3.8, 4) is 0 Å². The molecule has 7 nitrogen and oxygen atoms in total. The molecular formula is C20H16N4O3. The van der Waals surface area contributed by atoms with Crippen molar-refractivity contribution in [2.45, 2.75) is 13.1 Å². The molecule has 4 rings (SSSR count). The first-order valence-corrected chi connectivity index (χ1v) is 8.41. The van der Waals surface area contributed by atoms with Crippen molar-refractivity contribution < 1.29 is 9.21 Å². The van der Waals surface area contributed by atoms with Crippen molar-refractivity contribution in [2.75, 3.05) is 0 Å². The first-order chi connectivity index (χ1) is 13.2. The van der Waals surface area contributed by atoms with Gasteiger partial charge in [-0.3, -0.25) is 19.1 Å². The van der Waals surface area contributed by atoms with Crippen LogP contribution in [0.25, 0.3) is 10.9 Å². The van der Waals surface area contributed by atoms with Crippen LogP contribution in [0, 0.1) is 0 Å². The molecule has 0 saturated carbocycles. The lowest BCUT2D eigenvalue weighted by atomic mass is 10.2. The number of nitrogens with zero attached hydrogens (tertiary/aromatic N) is 3. The molecule has 0 saturated heterocycles. The molecule has 3 aromatic heterocycles. The van der Waals surface area contributed by atoms with Gasteiger partial charge in [0, 0.05) is 18.9 Å². The number of carbonyl (C=O) groups is 1. The predicted octanol–water partition coefficient (Wildman–Crippen LogP) is 2.36. The number of benzene rings is 1. The lowest BCUT2D eigenvalue weighted by molar-refractivity contribution is 0.0921. The quantitative estimate of drug-likeness (QED) is 0.590. The summed E-state index contributed by atoms with van der Waals surface area (Å²) in [5.41, 5.74) is 1.44. The molecule has 0 aliphatic rings. The minimum absolute atomic E-state index is 0.152. The molecule has 3 heterocycles. The maximum absolute atomic E-state index is 12.5. The fourth-order valence-corrected chi connectivity index (χ4v) is 2.74. The molecule has 0 fully saturated rings. The summed E-state index contributed by atoms with van der Waals surface area (Å²) in [5, 5.41) is 3.33. The largest absolute Gasteiger partial charge is 0.454 e. The summed E-state index contributed by atoms with van der Waals surface area (Å²) < 4.78 is 7.05. The Hall–Kier alpha value is -3.74. The van der Waals surface area contributed by atoms with Crippen LogP contribution in [-0.2, 0) is 13.1 Å². The Bertz CT molecular complexity index is 1150. The van der Waals surface area contributed by atoms with Gasteiger partial charge in [-0.2, -0.15) is 0 Å². The lowest BCUT2D eigenvalue weighted by Gasteiger charge is -2.05. The van der Waals surface area contributed by atoms with Crippen LogP contribution in [0.5, 0.6) is 0 Å². The van der Waals surface area contributed by atoms with Crippen LogP contribution in [0.1, 0.15) is 21.9 Å². The highest BCUT2D eigenvalue weighted by atomic mass is 16.4. The van der Waals surface area contributed by atoms with Gasteiger partial charge in [-0.1, -0.05) is 12.1 Å². The molecule has 1 aromatic carbocycles. The summed E-state index contributed by atoms with van der Waals surface area (Å²) in [6.07, 6.45) is 4.82. The lowest BCUT2D eigenvalue weighted by Crippen LogP contribution is -2.22. The van der Waals surface area contributed by atoms with Gasteiger partial charge >= 0.3 is 0 Å². The molecule has 1 N–H and O–H groups in total. The molecule has 7 heteroatoms. The maximum atomic E-state index is 12.5. The molecule has 0 aliphatic heterocycles. The number of carbonyl (C=O) groups excluding carboxylic acids is 1. The number of para-hydroxylation sites is 1. The van der Waals surface area contributed by atoms with Crippen LogP contribution in [0.2, 0.25) is 0 Å². The number of furan rings is 1. The number of rotatable bonds is 5. The number of hydrogen-bond donors (Lipinski definition) is 1. The Labute approximate surface area is 154 Å². The molecule has 134 valence electrons. The summed E-state index contributed by atoms with van der Waals surface area (Å²) in [4.78, 5) is 33.0. The van der Waals surface area contributed by atoms with Gasteiger partial charge < -0.3 is 9.73 Å². The average molecular weight is 360 g/mol. The van der Waals surface area contributed by atoms with Gasteiger partial charge in [0.15, 0.2) is 5.76 Å². The first-order valence-electron chi connectivity index (χ1n) is 8.41. The van der Waals surface area contributed by atoms with Crippen LogP contribution in [0.15, 0.2) is 76.5 Å². The van der Waals surface area contributed by atoms with Crippen LogP contribution in [0.3, 0.4) is 0 Å². The molecule has 1 amide bonds. The van der Waals surface area contributed by atoms with Crippen molar-refractivity contribution in [3.05, 3.63) is 94.7 Å². The van der Waals surface area contributed by atoms with Crippen LogP contribution in [-0.4, -0.2) is 20.4 Å². The van der Waals surface area contributed by atoms with E-state index in [1.54, 1.807) is 42.7 Å². The molecule has 4 aromatic rings. The summed E-state index contributed by atoms with van der Waals surface area (Å²) in [6, 6.07) is 14.1. The third kappa shape index (κ3) is 3.62. The predicted molar refractivity (Wildman–Crippen MR) is 99.2 cm³/mol. The summed E-state index contributed by atoms with van der Waals surface area (Å²) in [7, 11) is 0. The van der Waals surface area contributed by atoms with E-state index >= 15 is 0 Å². The maximum Gasteiger partial charge on any atom is 0.287 e. The molecular weight excluding hydrogens is 344 g/mol. The van der Waals surface area contributed by atoms with Gasteiger partial charge in [0.2, 0.25) is 0 Å². The van der Waals surface area contributed by atoms with E-state index in [0.29, 0.717) is 23.2 Å². The van der Waals surface area contributed by atoms with E-state index in [2.05, 4.69) is 15.3 Å². The second-order valence-corrected chi connectivity index (χ2v) is 6.00. The number of aromatic nitrogens is 3. The second-order valence-electron chi connectivity index (χ2n) is 6.00. The van der Waals surface area contributed by atoms with Crippen molar-refractivity contribution >= 4 is 16.8 Å². The molecule has 0 aliphatic carbocycles. The van der Waals surface area contributed by atoms with Crippen molar-refractivity contribution in [1.29, 1.82) is 0 Å². The summed E-state index contributed by atoms with van der Waals surface area (Å²) >= 11 is 0. The Morgan fingerprint density at radius 3 is 2.74 bits per heavy atom. The monoisotopic (exact) mass is 360 g/mol. The molecule has 0 bridgehead atoms. The zero-order valence-corrected chi connectivity index (χ0v) is 14.3. The second kappa shape index (κ2) is 7.25. The highest BCUT2D eigenvalue weighted by Crippen LogP contribution is 2.11. The van der Waals surface area contributed by atoms with Crippen molar-refractivity contribution in [1.82, 2.24) is 19.9 Å². The minimum Gasteiger partial charge on any atom is -0.454 e. The summed E-state index contributed by atoms with van der Waals surface area (Å²) in [5.74, 6) is 0.381. The van der Waals surface area contributed by atoms with Crippen molar-refractivity contribution in [2.24, 2.45) is 0 Å². The normalized spacial score (nSPS) is 10.8. The summed E-state index contributed by atoms with van der Waals surface area (Å²) in [6.45, 7) is 0.583. The number of nitrogens with one attached hydrogen (secondary N) is 1. The average Bonchev–Trinajstić information content (AvgIpc) is 3.18. The zero-order chi connectivity index (χ0) is 18.6. The van der Waals surface area contributed by atoms with E-state index < -0.39 is 0 Å². The standard InChI is InChI=1S/C20H16N4O3/c25-19(22-11-14-7-9-21-10-8-14)18-6-5-15(27-18)12-24-13-23-17-4-2-1-3-16(17)20(24)26/h1-10,13H,11-12H2,(H,22,25). The van der Waals surface area contributed by atoms with E-state index in [1.807, 2.05) is 18.2 Å². The Kier molecular flexibility index (Phi) is 4.49. The molecule has 0 spiro atoms. The molecule has 0 radical (unpaired) electrons. The molecule has 27 heavy (non-hydrogen) atoms. The number of pyridine rings is 1. The zero-order valence-electron chi connectivity index (χ0n) is 14.3. The fraction of sp³-hybridized carbons (Fsp3) is 0.100. The van der Waals surface area contributed by atoms with Crippen LogP contribution in [0.4, 0.5) is 0 Å². The van der Waals surface area contributed by atoms with E-state index in [0.717, 1.165) is 5.56 Å². The van der Waals surface area contributed by atoms with Gasteiger partial charge in [0.25, 0.3) is 11.5 Å². The Morgan fingerprint density at radius 1 is 1.07 bits per heavy atom. The van der Waals surface area contributed by atoms with Crippen LogP contribution < -0.4 is 10.9 Å². The minimum atomic E-state index is -0.318. The smallest absolute Gasteiger partial charge is 0.287 e. The van der Waals surface area contributed by atoms with Gasteiger partial charge in [-0.05, 0) is 42.0 Å².